The van der Waals surface area contributed by atoms with Gasteiger partial charge in [0.25, 0.3) is 5.91 Å². The van der Waals surface area contributed by atoms with E-state index < -0.39 is 0 Å². The number of likely N-dealkylation sites (N-methyl/N-ethyl adjacent to an activating group) is 1. The van der Waals surface area contributed by atoms with E-state index in [1.165, 1.54) is 4.90 Å². The van der Waals surface area contributed by atoms with E-state index in [4.69, 9.17) is 14.2 Å². The molecule has 0 atom stereocenters. The van der Waals surface area contributed by atoms with E-state index in [0.29, 0.717) is 36.1 Å². The van der Waals surface area contributed by atoms with Crippen molar-refractivity contribution in [2.75, 3.05) is 38.7 Å². The maximum absolute atomic E-state index is 12.4. The Hall–Kier alpha value is -3.22. The van der Waals surface area contributed by atoms with Crippen molar-refractivity contribution < 1.29 is 23.8 Å². The van der Waals surface area contributed by atoms with Crippen LogP contribution in [0.25, 0.3) is 0 Å². The fraction of sp³-hybridized carbons (Fsp3) is 0.391. The van der Waals surface area contributed by atoms with E-state index >= 15 is 0 Å². The Labute approximate surface area is 177 Å². The molecule has 162 valence electrons. The largest absolute Gasteiger partial charge is 0.490 e. The smallest absolute Gasteiger partial charge is 0.260 e. The van der Waals surface area contributed by atoms with Gasteiger partial charge in [0.05, 0.1) is 19.8 Å². The SMILES string of the molecule is CCOc1ccc(NC(=O)CN(C)C(=O)COc2cc(C)cc(C)c2)cc1OCC. The number of benzene rings is 2. The summed E-state index contributed by atoms with van der Waals surface area (Å²) in [5.74, 6) is 1.21. The summed E-state index contributed by atoms with van der Waals surface area (Å²) < 4.78 is 16.7. The van der Waals surface area contributed by atoms with Crippen LogP contribution in [0.3, 0.4) is 0 Å². The Kier molecular flexibility index (Phi) is 8.53. The van der Waals surface area contributed by atoms with Crippen LogP contribution in [0.15, 0.2) is 36.4 Å². The van der Waals surface area contributed by atoms with E-state index in [0.717, 1.165) is 11.1 Å². The fourth-order valence-electron chi connectivity index (χ4n) is 2.90. The highest BCUT2D eigenvalue weighted by atomic mass is 16.5. The average Bonchev–Trinajstić information content (AvgIpc) is 2.67. The third-order valence-electron chi connectivity index (χ3n) is 4.19. The Balaban J connectivity index is 1.90. The molecule has 2 aromatic carbocycles. The number of amides is 2. The van der Waals surface area contributed by atoms with Crippen molar-refractivity contribution in [1.29, 1.82) is 0 Å². The Bertz CT molecular complexity index is 862. The van der Waals surface area contributed by atoms with Crippen LogP contribution < -0.4 is 19.5 Å². The van der Waals surface area contributed by atoms with E-state index in [1.807, 2.05) is 45.9 Å². The molecule has 2 aromatic rings. The lowest BCUT2D eigenvalue weighted by Gasteiger charge is -2.18. The van der Waals surface area contributed by atoms with E-state index in [-0.39, 0.29) is 25.0 Å². The number of rotatable bonds is 10. The molecule has 0 radical (unpaired) electrons. The Morgan fingerprint density at radius 3 is 2.17 bits per heavy atom. The molecule has 0 aromatic heterocycles. The Morgan fingerprint density at radius 1 is 0.900 bits per heavy atom. The number of hydrogen-bond acceptors (Lipinski definition) is 5. The van der Waals surface area contributed by atoms with Gasteiger partial charge in [0.15, 0.2) is 18.1 Å². The summed E-state index contributed by atoms with van der Waals surface area (Å²) in [4.78, 5) is 26.0. The molecule has 0 bridgehead atoms. The number of carbonyl (C=O) groups excluding carboxylic acids is 2. The van der Waals surface area contributed by atoms with Crippen LogP contribution in [-0.4, -0.2) is 50.1 Å². The van der Waals surface area contributed by atoms with Gasteiger partial charge in [-0.05, 0) is 63.1 Å². The molecule has 0 aliphatic heterocycles. The van der Waals surface area contributed by atoms with Crippen molar-refractivity contribution in [2.24, 2.45) is 0 Å². The molecule has 0 fully saturated rings. The molecule has 0 aliphatic rings. The van der Waals surface area contributed by atoms with Crippen molar-refractivity contribution in [2.45, 2.75) is 27.7 Å². The molecular formula is C23H30N2O5. The zero-order valence-electron chi connectivity index (χ0n) is 18.3. The number of hydrogen-bond donors (Lipinski definition) is 1. The first kappa shape index (κ1) is 23.1. The van der Waals surface area contributed by atoms with Crippen LogP contribution >= 0.6 is 0 Å². The minimum Gasteiger partial charge on any atom is -0.490 e. The predicted molar refractivity (Wildman–Crippen MR) is 116 cm³/mol. The lowest BCUT2D eigenvalue weighted by atomic mass is 10.1. The average molecular weight is 415 g/mol. The molecule has 7 heteroatoms. The highest BCUT2D eigenvalue weighted by Gasteiger charge is 2.15. The summed E-state index contributed by atoms with van der Waals surface area (Å²) in [6.07, 6.45) is 0. The highest BCUT2D eigenvalue weighted by molar-refractivity contribution is 5.94. The number of aryl methyl sites for hydroxylation is 2. The molecule has 0 aliphatic carbocycles. The minimum atomic E-state index is -0.316. The molecule has 0 spiro atoms. The van der Waals surface area contributed by atoms with Gasteiger partial charge < -0.3 is 24.4 Å². The van der Waals surface area contributed by atoms with Crippen LogP contribution in [0.1, 0.15) is 25.0 Å². The maximum Gasteiger partial charge on any atom is 0.260 e. The van der Waals surface area contributed by atoms with Gasteiger partial charge in [-0.3, -0.25) is 9.59 Å². The number of anilines is 1. The quantitative estimate of drug-likeness (QED) is 0.643. The molecular weight excluding hydrogens is 384 g/mol. The second-order valence-corrected chi connectivity index (χ2v) is 6.94. The van der Waals surface area contributed by atoms with Crippen LogP contribution in [0.4, 0.5) is 5.69 Å². The summed E-state index contributed by atoms with van der Waals surface area (Å²) in [6, 6.07) is 11.0. The number of nitrogens with zero attached hydrogens (tertiary/aromatic N) is 1. The van der Waals surface area contributed by atoms with Gasteiger partial charge in [-0.15, -0.1) is 0 Å². The number of carbonyl (C=O) groups is 2. The third-order valence-corrected chi connectivity index (χ3v) is 4.19. The standard InChI is InChI=1S/C23H30N2O5/c1-6-28-20-9-8-18(13-21(20)29-7-2)24-22(26)14-25(5)23(27)15-30-19-11-16(3)10-17(4)12-19/h8-13H,6-7,14-15H2,1-5H3,(H,24,26). The first-order valence-corrected chi connectivity index (χ1v) is 9.97. The molecule has 0 saturated carbocycles. The molecule has 2 rings (SSSR count). The van der Waals surface area contributed by atoms with Gasteiger partial charge in [0, 0.05) is 18.8 Å². The zero-order chi connectivity index (χ0) is 22.1. The summed E-state index contributed by atoms with van der Waals surface area (Å²) in [7, 11) is 1.57. The molecule has 0 heterocycles. The molecule has 1 N–H and O–H groups in total. The normalized spacial score (nSPS) is 10.3. The van der Waals surface area contributed by atoms with Gasteiger partial charge in [-0.2, -0.15) is 0 Å². The molecule has 2 amide bonds. The van der Waals surface area contributed by atoms with Gasteiger partial charge in [-0.25, -0.2) is 0 Å². The summed E-state index contributed by atoms with van der Waals surface area (Å²) in [5.41, 5.74) is 2.69. The van der Waals surface area contributed by atoms with Crippen LogP contribution in [-0.2, 0) is 9.59 Å². The van der Waals surface area contributed by atoms with Crippen molar-refractivity contribution in [3.05, 3.63) is 47.5 Å². The third kappa shape index (κ3) is 6.99. The van der Waals surface area contributed by atoms with E-state index in [1.54, 1.807) is 25.2 Å². The molecule has 30 heavy (non-hydrogen) atoms. The van der Waals surface area contributed by atoms with Gasteiger partial charge >= 0.3 is 0 Å². The van der Waals surface area contributed by atoms with E-state index in [2.05, 4.69) is 5.32 Å². The van der Waals surface area contributed by atoms with Crippen LogP contribution in [0.5, 0.6) is 17.2 Å². The molecule has 7 nitrogen and oxygen atoms in total. The first-order valence-electron chi connectivity index (χ1n) is 9.97. The molecule has 0 unspecified atom stereocenters. The van der Waals surface area contributed by atoms with Crippen molar-refractivity contribution >= 4 is 17.5 Å². The second-order valence-electron chi connectivity index (χ2n) is 6.94. The van der Waals surface area contributed by atoms with Crippen molar-refractivity contribution in [3.63, 3.8) is 0 Å². The van der Waals surface area contributed by atoms with Crippen molar-refractivity contribution in [3.8, 4) is 17.2 Å². The first-order chi connectivity index (χ1) is 14.3. The lowest BCUT2D eigenvalue weighted by molar-refractivity contribution is -0.135. The number of ether oxygens (including phenoxy) is 3. The molecule has 0 saturated heterocycles. The van der Waals surface area contributed by atoms with Gasteiger partial charge in [0.1, 0.15) is 5.75 Å². The van der Waals surface area contributed by atoms with Crippen LogP contribution in [0.2, 0.25) is 0 Å². The predicted octanol–water partition coefficient (Wildman–Crippen LogP) is 3.58. The summed E-state index contributed by atoms with van der Waals surface area (Å²) >= 11 is 0. The summed E-state index contributed by atoms with van der Waals surface area (Å²) in [6.45, 7) is 8.48. The van der Waals surface area contributed by atoms with E-state index in [9.17, 15) is 9.59 Å². The fourth-order valence-corrected chi connectivity index (χ4v) is 2.90. The van der Waals surface area contributed by atoms with Crippen LogP contribution in [0, 0.1) is 13.8 Å². The zero-order valence-corrected chi connectivity index (χ0v) is 18.3. The minimum absolute atomic E-state index is 0.0911. The second kappa shape index (κ2) is 11.1. The number of nitrogens with one attached hydrogen (secondary N) is 1. The summed E-state index contributed by atoms with van der Waals surface area (Å²) in [5, 5.41) is 2.78. The van der Waals surface area contributed by atoms with Gasteiger partial charge in [-0.1, -0.05) is 6.07 Å². The lowest BCUT2D eigenvalue weighted by Crippen LogP contribution is -2.37. The van der Waals surface area contributed by atoms with Gasteiger partial charge in [0.2, 0.25) is 5.91 Å². The maximum atomic E-state index is 12.4. The van der Waals surface area contributed by atoms with Crippen molar-refractivity contribution in [1.82, 2.24) is 4.90 Å². The Morgan fingerprint density at radius 2 is 1.53 bits per heavy atom. The topological polar surface area (TPSA) is 77.1 Å². The highest BCUT2D eigenvalue weighted by Crippen LogP contribution is 2.30. The monoisotopic (exact) mass is 414 g/mol.